The van der Waals surface area contributed by atoms with Gasteiger partial charge in [-0.25, -0.2) is 4.98 Å². The molecule has 3 rings (SSSR count). The van der Waals surface area contributed by atoms with Gasteiger partial charge in [0, 0.05) is 19.3 Å². The molecule has 0 bridgehead atoms. The van der Waals surface area contributed by atoms with Crippen molar-refractivity contribution in [2.24, 2.45) is 0 Å². The van der Waals surface area contributed by atoms with Crippen molar-refractivity contribution in [3.63, 3.8) is 0 Å². The van der Waals surface area contributed by atoms with Crippen molar-refractivity contribution in [2.45, 2.75) is 32.6 Å². The van der Waals surface area contributed by atoms with Gasteiger partial charge in [-0.15, -0.1) is 0 Å². The predicted octanol–water partition coefficient (Wildman–Crippen LogP) is 2.84. The first kappa shape index (κ1) is 14.2. The summed E-state index contributed by atoms with van der Waals surface area (Å²) in [4.78, 5) is 19.8. The molecule has 2 aromatic rings. The second kappa shape index (κ2) is 5.93. The van der Waals surface area contributed by atoms with E-state index in [4.69, 9.17) is 11.6 Å². The Bertz CT molecular complexity index is 642. The van der Waals surface area contributed by atoms with E-state index in [-0.39, 0.29) is 11.2 Å². The van der Waals surface area contributed by atoms with E-state index in [1.54, 1.807) is 0 Å². The molecule has 1 atom stereocenters. The molecule has 0 amide bonds. The van der Waals surface area contributed by atoms with Crippen molar-refractivity contribution < 1.29 is 0 Å². The van der Waals surface area contributed by atoms with Crippen molar-refractivity contribution in [3.8, 4) is 0 Å². The molecule has 1 aliphatic rings. The minimum atomic E-state index is 0.121. The molecule has 0 aromatic carbocycles. The molecular formula is C15H18ClN5. The van der Waals surface area contributed by atoms with Crippen LogP contribution in [-0.4, -0.2) is 33.0 Å². The van der Waals surface area contributed by atoms with Gasteiger partial charge >= 0.3 is 0 Å². The number of hydrogen-bond acceptors (Lipinski definition) is 5. The highest BCUT2D eigenvalue weighted by molar-refractivity contribution is 6.28. The number of aryl methyl sites for hydroxylation is 1. The number of nitrogens with zero attached hydrogens (tertiary/aromatic N) is 5. The monoisotopic (exact) mass is 303 g/mol. The van der Waals surface area contributed by atoms with Gasteiger partial charge in [-0.3, -0.25) is 4.98 Å². The summed E-state index contributed by atoms with van der Waals surface area (Å²) in [5.74, 6) is 1.50. The Morgan fingerprint density at radius 3 is 2.81 bits per heavy atom. The smallest absolute Gasteiger partial charge is 0.229 e. The normalized spacial score (nSPS) is 16.8. The highest BCUT2D eigenvalue weighted by Gasteiger charge is 2.28. The molecule has 0 radical (unpaired) electrons. The van der Waals surface area contributed by atoms with Crippen LogP contribution in [0.4, 0.5) is 5.95 Å². The number of fused-ring (bicyclic) bond motifs is 1. The van der Waals surface area contributed by atoms with Gasteiger partial charge in [0.2, 0.25) is 11.2 Å². The summed E-state index contributed by atoms with van der Waals surface area (Å²) in [6.07, 6.45) is 3.81. The Labute approximate surface area is 129 Å². The average Bonchev–Trinajstić information content (AvgIpc) is 2.92. The molecule has 2 heterocycles. The van der Waals surface area contributed by atoms with Gasteiger partial charge in [-0.05, 0) is 49.9 Å². The van der Waals surface area contributed by atoms with Crippen LogP contribution < -0.4 is 4.90 Å². The van der Waals surface area contributed by atoms with Gasteiger partial charge in [0.05, 0.1) is 11.6 Å². The highest BCUT2D eigenvalue weighted by Crippen LogP contribution is 2.35. The lowest BCUT2D eigenvalue weighted by molar-refractivity contribution is 0.695. The molecule has 0 fully saturated rings. The maximum absolute atomic E-state index is 6.10. The largest absolute Gasteiger partial charge is 0.341 e. The van der Waals surface area contributed by atoms with E-state index < -0.39 is 0 Å². The molecule has 110 valence electrons. The van der Waals surface area contributed by atoms with Gasteiger partial charge in [-0.2, -0.15) is 9.97 Å². The van der Waals surface area contributed by atoms with E-state index in [0.717, 1.165) is 37.4 Å². The van der Waals surface area contributed by atoms with Gasteiger partial charge < -0.3 is 4.90 Å². The van der Waals surface area contributed by atoms with Crippen molar-refractivity contribution in [2.75, 3.05) is 18.0 Å². The number of anilines is 1. The van der Waals surface area contributed by atoms with Crippen LogP contribution in [-0.2, 0) is 6.42 Å². The quantitative estimate of drug-likeness (QED) is 0.869. The zero-order valence-corrected chi connectivity index (χ0v) is 13.0. The van der Waals surface area contributed by atoms with Gasteiger partial charge in [0.15, 0.2) is 0 Å². The molecule has 0 saturated heterocycles. The summed E-state index contributed by atoms with van der Waals surface area (Å²) in [6.45, 7) is 5.84. The molecule has 1 unspecified atom stereocenters. The van der Waals surface area contributed by atoms with Gasteiger partial charge in [0.1, 0.15) is 5.82 Å². The fourth-order valence-electron chi connectivity index (χ4n) is 2.82. The fourth-order valence-corrected chi connectivity index (χ4v) is 2.98. The molecule has 0 spiro atoms. The van der Waals surface area contributed by atoms with Crippen LogP contribution >= 0.6 is 11.6 Å². The standard InChI is InChI=1S/C15H18ClN5/c1-3-21(4-2)15-19-13(18-14(16)20-15)11-8-7-10-6-5-9-17-12(10)11/h5-6,9,11H,3-4,7-8H2,1-2H3. The molecule has 0 saturated carbocycles. The molecule has 1 aliphatic carbocycles. The topological polar surface area (TPSA) is 54.8 Å². The Morgan fingerprint density at radius 2 is 2.05 bits per heavy atom. The molecule has 0 N–H and O–H groups in total. The first-order valence-corrected chi connectivity index (χ1v) is 7.71. The molecular weight excluding hydrogens is 286 g/mol. The summed E-state index contributed by atoms with van der Waals surface area (Å²) in [5, 5.41) is 0.256. The first-order valence-electron chi connectivity index (χ1n) is 7.33. The molecule has 2 aromatic heterocycles. The highest BCUT2D eigenvalue weighted by atomic mass is 35.5. The summed E-state index contributed by atoms with van der Waals surface area (Å²) in [6, 6.07) is 4.10. The summed E-state index contributed by atoms with van der Waals surface area (Å²) in [5.41, 5.74) is 2.36. The zero-order chi connectivity index (χ0) is 14.8. The van der Waals surface area contributed by atoms with Crippen molar-refractivity contribution >= 4 is 17.5 Å². The number of halogens is 1. The lowest BCUT2D eigenvalue weighted by atomic mass is 10.1. The van der Waals surface area contributed by atoms with Crippen molar-refractivity contribution in [1.82, 2.24) is 19.9 Å². The summed E-state index contributed by atoms with van der Waals surface area (Å²) >= 11 is 6.10. The lowest BCUT2D eigenvalue weighted by Gasteiger charge is -2.19. The molecule has 21 heavy (non-hydrogen) atoms. The van der Waals surface area contributed by atoms with E-state index in [1.165, 1.54) is 5.56 Å². The molecule has 5 nitrogen and oxygen atoms in total. The fraction of sp³-hybridized carbons (Fsp3) is 0.467. The molecule has 0 aliphatic heterocycles. The van der Waals surface area contributed by atoms with Crippen LogP contribution in [0.25, 0.3) is 0 Å². The van der Waals surface area contributed by atoms with Crippen molar-refractivity contribution in [3.05, 3.63) is 40.7 Å². The maximum Gasteiger partial charge on any atom is 0.229 e. The Morgan fingerprint density at radius 1 is 1.24 bits per heavy atom. The third kappa shape index (κ3) is 2.70. The van der Waals surface area contributed by atoms with Gasteiger partial charge in [-0.1, -0.05) is 6.07 Å². The van der Waals surface area contributed by atoms with Gasteiger partial charge in [0.25, 0.3) is 0 Å². The SMILES string of the molecule is CCN(CC)c1nc(Cl)nc(C2CCc3cccnc32)n1. The van der Waals surface area contributed by atoms with Crippen LogP contribution in [0.5, 0.6) is 0 Å². The minimum absolute atomic E-state index is 0.121. The maximum atomic E-state index is 6.10. The Kier molecular flexibility index (Phi) is 4.01. The minimum Gasteiger partial charge on any atom is -0.341 e. The average molecular weight is 304 g/mol. The second-order valence-corrected chi connectivity index (χ2v) is 5.41. The van der Waals surface area contributed by atoms with Crippen molar-refractivity contribution in [1.29, 1.82) is 0 Å². The Balaban J connectivity index is 2.00. The van der Waals surface area contributed by atoms with E-state index in [1.807, 2.05) is 12.3 Å². The van der Waals surface area contributed by atoms with Crippen LogP contribution in [0.15, 0.2) is 18.3 Å². The van der Waals surface area contributed by atoms with E-state index >= 15 is 0 Å². The summed E-state index contributed by atoms with van der Waals surface area (Å²) in [7, 11) is 0. The van der Waals surface area contributed by atoms with Crippen LogP contribution in [0.2, 0.25) is 5.28 Å². The third-order valence-corrected chi connectivity index (χ3v) is 4.10. The Hall–Kier alpha value is -1.75. The zero-order valence-electron chi connectivity index (χ0n) is 12.3. The lowest BCUT2D eigenvalue weighted by Crippen LogP contribution is -2.25. The van der Waals surface area contributed by atoms with Crippen LogP contribution in [0, 0.1) is 0 Å². The number of aromatic nitrogens is 4. The predicted molar refractivity (Wildman–Crippen MR) is 82.8 cm³/mol. The van der Waals surface area contributed by atoms with E-state index in [0.29, 0.717) is 5.95 Å². The van der Waals surface area contributed by atoms with E-state index in [2.05, 4.69) is 44.7 Å². The second-order valence-electron chi connectivity index (χ2n) is 5.07. The number of hydrogen-bond donors (Lipinski definition) is 0. The molecule has 6 heteroatoms. The van der Waals surface area contributed by atoms with Crippen LogP contribution in [0.1, 0.15) is 43.3 Å². The first-order chi connectivity index (χ1) is 10.2. The van der Waals surface area contributed by atoms with E-state index in [9.17, 15) is 0 Å². The number of rotatable bonds is 4. The number of pyridine rings is 1. The van der Waals surface area contributed by atoms with Crippen LogP contribution in [0.3, 0.4) is 0 Å². The third-order valence-electron chi connectivity index (χ3n) is 3.93. The summed E-state index contributed by atoms with van der Waals surface area (Å²) < 4.78 is 0.